The molecule has 9 heteroatoms. The summed E-state index contributed by atoms with van der Waals surface area (Å²) in [6.07, 6.45) is 3.56. The van der Waals surface area contributed by atoms with E-state index in [2.05, 4.69) is 10.3 Å². The summed E-state index contributed by atoms with van der Waals surface area (Å²) in [6.45, 7) is -0.339. The van der Waals surface area contributed by atoms with Crippen LogP contribution < -0.4 is 5.32 Å². The molecule has 1 aliphatic rings. The molecule has 3 aromatic rings. The van der Waals surface area contributed by atoms with E-state index in [0.717, 1.165) is 33.8 Å². The van der Waals surface area contributed by atoms with E-state index in [-0.39, 0.29) is 23.2 Å². The van der Waals surface area contributed by atoms with Gasteiger partial charge < -0.3 is 15.4 Å². The number of carbonyl (C=O) groups is 3. The Hall–Kier alpha value is -3.43. The minimum absolute atomic E-state index is 0.109. The second kappa shape index (κ2) is 9.37. The zero-order valence-electron chi connectivity index (χ0n) is 16.8. The summed E-state index contributed by atoms with van der Waals surface area (Å²) in [4.78, 5) is 41.8. The molecule has 0 unspecified atom stereocenters. The second-order valence-corrected chi connectivity index (χ2v) is 8.88. The molecule has 0 spiro atoms. The maximum absolute atomic E-state index is 12.7. The normalized spacial score (nSPS) is 16.0. The van der Waals surface area contributed by atoms with Crippen LogP contribution in [0.25, 0.3) is 17.0 Å². The number of rotatable bonds is 7. The van der Waals surface area contributed by atoms with Crippen molar-refractivity contribution in [1.82, 2.24) is 15.2 Å². The van der Waals surface area contributed by atoms with Crippen LogP contribution in [0.15, 0.2) is 65.7 Å². The topological polar surface area (TPSA) is 103 Å². The van der Waals surface area contributed by atoms with E-state index in [9.17, 15) is 19.5 Å². The summed E-state index contributed by atoms with van der Waals surface area (Å²) >= 11 is 6.38. The van der Waals surface area contributed by atoms with Gasteiger partial charge in [0, 0.05) is 23.5 Å². The standard InChI is InChI=1S/C23H19N3O4S2/c27-20(13-26-21(28)19(32-23(26)31)10-14-6-2-1-3-7-14)25-18(22(29)30)11-15-12-24-17-9-5-4-8-16(15)17/h1-10,12,18,24H,11,13H2,(H,25,27)(H,29,30)/b19-10+/t18-/m0/s1. The van der Waals surface area contributed by atoms with Crippen molar-refractivity contribution in [2.75, 3.05) is 6.54 Å². The molecular formula is C23H19N3O4S2. The lowest BCUT2D eigenvalue weighted by molar-refractivity contribution is -0.141. The van der Waals surface area contributed by atoms with Crippen molar-refractivity contribution in [1.29, 1.82) is 0 Å². The van der Waals surface area contributed by atoms with E-state index in [1.54, 1.807) is 12.3 Å². The van der Waals surface area contributed by atoms with Gasteiger partial charge in [-0.1, -0.05) is 72.5 Å². The predicted molar refractivity (Wildman–Crippen MR) is 128 cm³/mol. The van der Waals surface area contributed by atoms with Crippen molar-refractivity contribution in [3.05, 3.63) is 76.8 Å². The predicted octanol–water partition coefficient (Wildman–Crippen LogP) is 3.18. The number of thiocarbonyl (C=S) groups is 1. The molecule has 1 atom stereocenters. The van der Waals surface area contributed by atoms with Gasteiger partial charge in [0.05, 0.1) is 4.91 Å². The van der Waals surface area contributed by atoms with Crippen LogP contribution in [0.1, 0.15) is 11.1 Å². The largest absolute Gasteiger partial charge is 0.480 e. The van der Waals surface area contributed by atoms with Crippen molar-refractivity contribution in [3.8, 4) is 0 Å². The SMILES string of the molecule is O=C(CN1C(=O)/C(=C\c2ccccc2)SC1=S)N[C@@H](Cc1c[nH]c2ccccc12)C(=O)O. The van der Waals surface area contributed by atoms with Gasteiger partial charge in [-0.2, -0.15) is 0 Å². The Balaban J connectivity index is 1.43. The van der Waals surface area contributed by atoms with Gasteiger partial charge in [-0.25, -0.2) is 4.79 Å². The third-order valence-electron chi connectivity index (χ3n) is 5.00. The van der Waals surface area contributed by atoms with Gasteiger partial charge in [0.1, 0.15) is 16.9 Å². The molecule has 7 nitrogen and oxygen atoms in total. The number of benzene rings is 2. The van der Waals surface area contributed by atoms with E-state index in [4.69, 9.17) is 12.2 Å². The van der Waals surface area contributed by atoms with Gasteiger partial charge >= 0.3 is 5.97 Å². The van der Waals surface area contributed by atoms with Gasteiger partial charge in [0.25, 0.3) is 5.91 Å². The highest BCUT2D eigenvalue weighted by atomic mass is 32.2. The molecule has 0 radical (unpaired) electrons. The Kier molecular flexibility index (Phi) is 6.38. The van der Waals surface area contributed by atoms with E-state index in [1.807, 2.05) is 54.6 Å². The number of carbonyl (C=O) groups excluding carboxylic acids is 2. The summed E-state index contributed by atoms with van der Waals surface area (Å²) in [6, 6.07) is 15.7. The second-order valence-electron chi connectivity index (χ2n) is 7.20. The number of para-hydroxylation sites is 1. The number of aromatic amines is 1. The molecule has 0 aliphatic carbocycles. The summed E-state index contributed by atoms with van der Waals surface area (Å²) in [5.74, 6) is -2.12. The number of thioether (sulfide) groups is 1. The number of aromatic nitrogens is 1. The fourth-order valence-electron chi connectivity index (χ4n) is 3.44. The molecule has 32 heavy (non-hydrogen) atoms. The lowest BCUT2D eigenvalue weighted by Gasteiger charge is -2.18. The highest BCUT2D eigenvalue weighted by Crippen LogP contribution is 2.32. The molecule has 1 aliphatic heterocycles. The lowest BCUT2D eigenvalue weighted by Crippen LogP contribution is -2.47. The van der Waals surface area contributed by atoms with Crippen LogP contribution in [-0.2, 0) is 20.8 Å². The number of hydrogen-bond donors (Lipinski definition) is 3. The molecule has 3 N–H and O–H groups in total. The Morgan fingerprint density at radius 2 is 1.88 bits per heavy atom. The van der Waals surface area contributed by atoms with Gasteiger partial charge in [-0.05, 0) is 23.3 Å². The molecule has 1 fully saturated rings. The van der Waals surface area contributed by atoms with Gasteiger partial charge in [-0.15, -0.1) is 0 Å². The molecule has 2 heterocycles. The number of hydrogen-bond acceptors (Lipinski definition) is 5. The maximum atomic E-state index is 12.7. The average Bonchev–Trinajstić information content (AvgIpc) is 3.30. The smallest absolute Gasteiger partial charge is 0.326 e. The van der Waals surface area contributed by atoms with Crippen LogP contribution in [0.5, 0.6) is 0 Å². The van der Waals surface area contributed by atoms with Crippen molar-refractivity contribution in [3.63, 3.8) is 0 Å². The van der Waals surface area contributed by atoms with Gasteiger partial charge in [0.15, 0.2) is 0 Å². The van der Waals surface area contributed by atoms with Crippen LogP contribution >= 0.6 is 24.0 Å². The zero-order valence-corrected chi connectivity index (χ0v) is 18.4. The fraction of sp³-hybridized carbons (Fsp3) is 0.130. The third-order valence-corrected chi connectivity index (χ3v) is 6.38. The number of carboxylic acid groups (broad SMARTS) is 1. The minimum Gasteiger partial charge on any atom is -0.480 e. The number of amides is 2. The first-order valence-electron chi connectivity index (χ1n) is 9.80. The lowest BCUT2D eigenvalue weighted by atomic mass is 10.0. The quantitative estimate of drug-likeness (QED) is 0.366. The Bertz CT molecular complexity index is 1240. The van der Waals surface area contributed by atoms with Crippen molar-refractivity contribution < 1.29 is 19.5 Å². The zero-order chi connectivity index (χ0) is 22.7. The molecule has 2 amide bonds. The summed E-state index contributed by atoms with van der Waals surface area (Å²) in [5.41, 5.74) is 2.52. The number of nitrogens with one attached hydrogen (secondary N) is 2. The average molecular weight is 466 g/mol. The van der Waals surface area contributed by atoms with E-state index in [0.29, 0.717) is 4.91 Å². The number of H-pyrrole nitrogens is 1. The molecule has 1 saturated heterocycles. The van der Waals surface area contributed by atoms with Gasteiger partial charge in [-0.3, -0.25) is 14.5 Å². The molecule has 2 aromatic carbocycles. The number of aliphatic carboxylic acids is 1. The van der Waals surface area contributed by atoms with Crippen LogP contribution in [0.2, 0.25) is 0 Å². The van der Waals surface area contributed by atoms with Crippen LogP contribution in [0.3, 0.4) is 0 Å². The Labute approximate surface area is 193 Å². The molecule has 162 valence electrons. The molecular weight excluding hydrogens is 446 g/mol. The molecule has 0 bridgehead atoms. The Morgan fingerprint density at radius 3 is 2.62 bits per heavy atom. The highest BCUT2D eigenvalue weighted by molar-refractivity contribution is 8.26. The molecule has 1 aromatic heterocycles. The highest BCUT2D eigenvalue weighted by Gasteiger charge is 2.34. The Morgan fingerprint density at radius 1 is 1.16 bits per heavy atom. The van der Waals surface area contributed by atoms with E-state index < -0.39 is 17.9 Å². The first-order valence-corrected chi connectivity index (χ1v) is 11.0. The minimum atomic E-state index is -1.15. The molecule has 4 rings (SSSR count). The summed E-state index contributed by atoms with van der Waals surface area (Å²) in [5, 5.41) is 13.0. The van der Waals surface area contributed by atoms with Crippen molar-refractivity contribution >= 4 is 63.1 Å². The number of carboxylic acids is 1. The van der Waals surface area contributed by atoms with Crippen molar-refractivity contribution in [2.45, 2.75) is 12.5 Å². The van der Waals surface area contributed by atoms with Crippen LogP contribution in [0, 0.1) is 0 Å². The third kappa shape index (κ3) is 4.74. The van der Waals surface area contributed by atoms with E-state index >= 15 is 0 Å². The summed E-state index contributed by atoms with van der Waals surface area (Å²) in [7, 11) is 0. The summed E-state index contributed by atoms with van der Waals surface area (Å²) < 4.78 is 0.260. The van der Waals surface area contributed by atoms with E-state index in [1.165, 1.54) is 4.90 Å². The molecule has 0 saturated carbocycles. The number of fused-ring (bicyclic) bond motifs is 1. The van der Waals surface area contributed by atoms with Crippen LogP contribution in [0.4, 0.5) is 0 Å². The number of nitrogens with zero attached hydrogens (tertiary/aromatic N) is 1. The van der Waals surface area contributed by atoms with Gasteiger partial charge in [0.2, 0.25) is 5.91 Å². The van der Waals surface area contributed by atoms with Crippen molar-refractivity contribution in [2.24, 2.45) is 0 Å². The first kappa shape index (κ1) is 21.8. The first-order chi connectivity index (χ1) is 15.4. The fourth-order valence-corrected chi connectivity index (χ4v) is 4.70. The maximum Gasteiger partial charge on any atom is 0.326 e. The monoisotopic (exact) mass is 465 g/mol. The van der Waals surface area contributed by atoms with Crippen LogP contribution in [-0.4, -0.2) is 49.7 Å².